The van der Waals surface area contributed by atoms with Gasteiger partial charge in [0.2, 0.25) is 0 Å². The molecular weight excluding hydrogens is 252 g/mol. The van der Waals surface area contributed by atoms with Crippen molar-refractivity contribution in [2.45, 2.75) is 78.1 Å². The molecule has 0 aromatic rings. The third kappa shape index (κ3) is 2.15. The molecule has 2 atom stereocenters. The second-order valence-corrected chi connectivity index (χ2v) is 9.28. The standard InChI is InChI=1S/C21H34/c1-4-5-17-13-21(7-6-20(17)14(2)3)18-9-15-8-16(11-18)12-19(21)10-15/h15-20H,2,4-13H2,1,3H3/t15?,16?,17-,18?,19?,20?,21?/m1/s1. The zero-order valence-corrected chi connectivity index (χ0v) is 14.2. The van der Waals surface area contributed by atoms with Crippen LogP contribution in [0.25, 0.3) is 0 Å². The van der Waals surface area contributed by atoms with Gasteiger partial charge in [0.1, 0.15) is 0 Å². The molecule has 0 nitrogen and oxygen atoms in total. The minimum Gasteiger partial charge on any atom is -0.0999 e. The van der Waals surface area contributed by atoms with Crippen LogP contribution in [-0.2, 0) is 0 Å². The molecule has 5 saturated carbocycles. The fourth-order valence-corrected chi connectivity index (χ4v) is 7.58. The van der Waals surface area contributed by atoms with Gasteiger partial charge < -0.3 is 0 Å². The first-order valence-corrected chi connectivity index (χ1v) is 9.77. The second kappa shape index (κ2) is 5.14. The molecule has 0 amide bonds. The predicted octanol–water partition coefficient (Wildman–Crippen LogP) is 6.22. The first-order valence-electron chi connectivity index (χ1n) is 9.77. The second-order valence-electron chi connectivity index (χ2n) is 9.28. The van der Waals surface area contributed by atoms with E-state index in [4.69, 9.17) is 0 Å². The fourth-order valence-electron chi connectivity index (χ4n) is 7.58. The van der Waals surface area contributed by atoms with Gasteiger partial charge in [0, 0.05) is 0 Å². The van der Waals surface area contributed by atoms with Gasteiger partial charge in [0.25, 0.3) is 0 Å². The maximum atomic E-state index is 4.34. The molecule has 21 heavy (non-hydrogen) atoms. The monoisotopic (exact) mass is 286 g/mol. The van der Waals surface area contributed by atoms with E-state index in [0.29, 0.717) is 0 Å². The molecule has 0 saturated heterocycles. The van der Waals surface area contributed by atoms with Gasteiger partial charge in [-0.1, -0.05) is 31.9 Å². The van der Waals surface area contributed by atoms with Crippen molar-refractivity contribution in [3.63, 3.8) is 0 Å². The first kappa shape index (κ1) is 14.3. The Kier molecular flexibility index (Phi) is 3.51. The van der Waals surface area contributed by atoms with E-state index in [1.807, 2.05) is 0 Å². The predicted molar refractivity (Wildman–Crippen MR) is 90.0 cm³/mol. The summed E-state index contributed by atoms with van der Waals surface area (Å²) in [5, 5.41) is 0. The highest BCUT2D eigenvalue weighted by atomic mass is 14.6. The molecular formula is C21H34. The van der Waals surface area contributed by atoms with E-state index in [2.05, 4.69) is 20.4 Å². The summed E-state index contributed by atoms with van der Waals surface area (Å²) in [5.74, 6) is 6.27. The molecule has 5 fully saturated rings. The van der Waals surface area contributed by atoms with Gasteiger partial charge in [-0.2, -0.15) is 0 Å². The lowest BCUT2D eigenvalue weighted by Gasteiger charge is -2.64. The normalized spacial score (nSPS) is 51.5. The van der Waals surface area contributed by atoms with E-state index in [9.17, 15) is 0 Å². The van der Waals surface area contributed by atoms with Gasteiger partial charge >= 0.3 is 0 Å². The van der Waals surface area contributed by atoms with Crippen LogP contribution >= 0.6 is 0 Å². The highest BCUT2D eigenvalue weighted by molar-refractivity contribution is 5.11. The zero-order valence-electron chi connectivity index (χ0n) is 14.2. The Morgan fingerprint density at radius 3 is 2.19 bits per heavy atom. The molecule has 118 valence electrons. The average Bonchev–Trinajstić information content (AvgIpc) is 2.44. The summed E-state index contributed by atoms with van der Waals surface area (Å²) in [6, 6.07) is 0. The van der Waals surface area contributed by atoms with Crippen LogP contribution in [0.2, 0.25) is 0 Å². The van der Waals surface area contributed by atoms with Gasteiger partial charge in [-0.25, -0.2) is 0 Å². The van der Waals surface area contributed by atoms with Crippen LogP contribution in [0.5, 0.6) is 0 Å². The van der Waals surface area contributed by atoms with E-state index < -0.39 is 0 Å². The highest BCUT2D eigenvalue weighted by Crippen LogP contribution is 2.68. The largest absolute Gasteiger partial charge is 0.0999 e. The molecule has 5 aliphatic carbocycles. The van der Waals surface area contributed by atoms with E-state index in [1.54, 1.807) is 44.9 Å². The smallest absolute Gasteiger partial charge is 0.0180 e. The van der Waals surface area contributed by atoms with Crippen LogP contribution in [0.1, 0.15) is 78.1 Å². The van der Waals surface area contributed by atoms with Gasteiger partial charge in [-0.05, 0) is 99.2 Å². The Balaban J connectivity index is 1.59. The molecule has 1 unspecified atom stereocenters. The molecule has 0 heteroatoms. The van der Waals surface area contributed by atoms with Crippen LogP contribution in [0.15, 0.2) is 12.2 Å². The summed E-state index contributed by atoms with van der Waals surface area (Å²) >= 11 is 0. The van der Waals surface area contributed by atoms with Gasteiger partial charge in [-0.15, -0.1) is 0 Å². The van der Waals surface area contributed by atoms with Crippen molar-refractivity contribution in [1.29, 1.82) is 0 Å². The molecule has 0 heterocycles. The summed E-state index contributed by atoms with van der Waals surface area (Å²) in [7, 11) is 0. The van der Waals surface area contributed by atoms with Gasteiger partial charge in [-0.3, -0.25) is 0 Å². The quantitative estimate of drug-likeness (QED) is 0.540. The van der Waals surface area contributed by atoms with Crippen molar-refractivity contribution in [3.05, 3.63) is 12.2 Å². The topological polar surface area (TPSA) is 0 Å². The number of rotatable bonds is 3. The molecule has 0 radical (unpaired) electrons. The molecule has 0 aromatic carbocycles. The molecule has 0 aliphatic heterocycles. The molecule has 0 N–H and O–H groups in total. The lowest BCUT2D eigenvalue weighted by Crippen LogP contribution is -2.55. The summed E-state index contributed by atoms with van der Waals surface area (Å²) in [5.41, 5.74) is 2.26. The third-order valence-electron chi connectivity index (χ3n) is 8.19. The Hall–Kier alpha value is -0.260. The Labute approximate surface area is 131 Å². The van der Waals surface area contributed by atoms with Crippen LogP contribution in [0.4, 0.5) is 0 Å². The van der Waals surface area contributed by atoms with Crippen molar-refractivity contribution in [2.24, 2.45) is 40.9 Å². The first-order chi connectivity index (χ1) is 10.1. The third-order valence-corrected chi connectivity index (χ3v) is 8.19. The van der Waals surface area contributed by atoms with Crippen molar-refractivity contribution in [3.8, 4) is 0 Å². The lowest BCUT2D eigenvalue weighted by atomic mass is 9.41. The molecule has 4 bridgehead atoms. The molecule has 5 rings (SSSR count). The summed E-state index contributed by atoms with van der Waals surface area (Å²) in [6.45, 7) is 9.01. The molecule has 1 spiro atoms. The van der Waals surface area contributed by atoms with Crippen LogP contribution in [0.3, 0.4) is 0 Å². The summed E-state index contributed by atoms with van der Waals surface area (Å²) < 4.78 is 0. The Morgan fingerprint density at radius 2 is 1.67 bits per heavy atom. The van der Waals surface area contributed by atoms with Crippen LogP contribution in [0, 0.1) is 40.9 Å². The number of hydrogen-bond acceptors (Lipinski definition) is 0. The average molecular weight is 287 g/mol. The molecule has 0 aromatic heterocycles. The minimum absolute atomic E-state index is 0.777. The summed E-state index contributed by atoms with van der Waals surface area (Å²) in [6.07, 6.45) is 15.4. The maximum absolute atomic E-state index is 4.34. The van der Waals surface area contributed by atoms with Crippen molar-refractivity contribution >= 4 is 0 Å². The van der Waals surface area contributed by atoms with E-state index >= 15 is 0 Å². The SMILES string of the molecule is C=C(C)C1CCC2(C[C@H]1CCC)C1CC3CC(C1)CC2C3. The summed E-state index contributed by atoms with van der Waals surface area (Å²) in [4.78, 5) is 0. The van der Waals surface area contributed by atoms with Crippen LogP contribution in [-0.4, -0.2) is 0 Å². The fraction of sp³-hybridized carbons (Fsp3) is 0.905. The van der Waals surface area contributed by atoms with Gasteiger partial charge in [0.05, 0.1) is 0 Å². The van der Waals surface area contributed by atoms with Gasteiger partial charge in [0.15, 0.2) is 0 Å². The van der Waals surface area contributed by atoms with Crippen LogP contribution < -0.4 is 0 Å². The van der Waals surface area contributed by atoms with E-state index in [1.165, 1.54) is 24.8 Å². The van der Waals surface area contributed by atoms with Crippen molar-refractivity contribution < 1.29 is 0 Å². The zero-order chi connectivity index (χ0) is 14.6. The lowest BCUT2D eigenvalue weighted by molar-refractivity contribution is -0.142. The molecule has 5 aliphatic rings. The Morgan fingerprint density at radius 1 is 1.05 bits per heavy atom. The minimum atomic E-state index is 0.777. The maximum Gasteiger partial charge on any atom is -0.0180 e. The number of allylic oxidation sites excluding steroid dienone is 1. The Bertz CT molecular complexity index is 390. The van der Waals surface area contributed by atoms with E-state index in [0.717, 1.165) is 40.9 Å². The van der Waals surface area contributed by atoms with Crippen molar-refractivity contribution in [1.82, 2.24) is 0 Å². The number of hydrogen-bond donors (Lipinski definition) is 0. The van der Waals surface area contributed by atoms with Crippen molar-refractivity contribution in [2.75, 3.05) is 0 Å². The highest BCUT2D eigenvalue weighted by Gasteiger charge is 2.58. The van der Waals surface area contributed by atoms with E-state index in [-0.39, 0.29) is 0 Å².